The van der Waals surface area contributed by atoms with Gasteiger partial charge in [-0.05, 0) is 45.0 Å². The Bertz CT molecular complexity index is 604. The summed E-state index contributed by atoms with van der Waals surface area (Å²) in [6, 6.07) is 11.3. The summed E-state index contributed by atoms with van der Waals surface area (Å²) in [5.74, 6) is 0.810. The second-order valence-electron chi connectivity index (χ2n) is 4.90. The fraction of sp³-hybridized carbons (Fsp3) is 0.294. The highest BCUT2D eigenvalue weighted by molar-refractivity contribution is 6.04. The van der Waals surface area contributed by atoms with Gasteiger partial charge in [0, 0.05) is 18.7 Å². The van der Waals surface area contributed by atoms with Crippen LogP contribution in [-0.4, -0.2) is 24.0 Å². The summed E-state index contributed by atoms with van der Waals surface area (Å²) in [6.45, 7) is 7.99. The molecule has 1 aromatic heterocycles. The number of hydrogen-bond acceptors (Lipinski definition) is 3. The zero-order chi connectivity index (χ0) is 15.2. The fourth-order valence-corrected chi connectivity index (χ4v) is 2.18. The average molecular weight is 283 g/mol. The van der Waals surface area contributed by atoms with Gasteiger partial charge in [0.25, 0.3) is 5.91 Å². The number of carbonyl (C=O) groups is 1. The smallest absolute Gasteiger partial charge is 0.255 e. The maximum Gasteiger partial charge on any atom is 0.255 e. The molecule has 0 fully saturated rings. The fourth-order valence-electron chi connectivity index (χ4n) is 2.18. The molecule has 21 heavy (non-hydrogen) atoms. The summed E-state index contributed by atoms with van der Waals surface area (Å²) in [6.07, 6.45) is 1.70. The Balaban J connectivity index is 2.08. The predicted octanol–water partition coefficient (Wildman–Crippen LogP) is 3.49. The van der Waals surface area contributed by atoms with E-state index in [1.807, 2.05) is 37.3 Å². The number of anilines is 2. The van der Waals surface area contributed by atoms with E-state index < -0.39 is 0 Å². The van der Waals surface area contributed by atoms with Crippen molar-refractivity contribution in [3.8, 4) is 0 Å². The molecule has 1 aromatic carbocycles. The Kier molecular flexibility index (Phi) is 4.93. The Hall–Kier alpha value is -2.36. The number of amides is 1. The van der Waals surface area contributed by atoms with E-state index in [2.05, 4.69) is 29.0 Å². The van der Waals surface area contributed by atoms with E-state index in [-0.39, 0.29) is 5.91 Å². The lowest BCUT2D eigenvalue weighted by molar-refractivity contribution is 0.102. The summed E-state index contributed by atoms with van der Waals surface area (Å²) >= 11 is 0. The molecule has 0 unspecified atom stereocenters. The van der Waals surface area contributed by atoms with E-state index in [9.17, 15) is 4.79 Å². The van der Waals surface area contributed by atoms with Crippen molar-refractivity contribution in [3.05, 3.63) is 53.7 Å². The van der Waals surface area contributed by atoms with Crippen LogP contribution in [0.3, 0.4) is 0 Å². The van der Waals surface area contributed by atoms with Crippen molar-refractivity contribution >= 4 is 17.4 Å². The van der Waals surface area contributed by atoms with Crippen LogP contribution in [0.2, 0.25) is 0 Å². The molecule has 1 amide bonds. The third-order valence-electron chi connectivity index (χ3n) is 3.37. The number of nitrogens with zero attached hydrogens (tertiary/aromatic N) is 2. The third kappa shape index (κ3) is 3.81. The van der Waals surface area contributed by atoms with Crippen molar-refractivity contribution in [2.45, 2.75) is 20.8 Å². The molecule has 0 spiro atoms. The van der Waals surface area contributed by atoms with Crippen LogP contribution in [0.1, 0.15) is 29.8 Å². The Morgan fingerprint density at radius 2 is 1.95 bits per heavy atom. The van der Waals surface area contributed by atoms with Gasteiger partial charge in [0.05, 0.1) is 11.9 Å². The minimum Gasteiger partial charge on any atom is -0.357 e. The molecule has 0 atom stereocenters. The van der Waals surface area contributed by atoms with Gasteiger partial charge in [-0.3, -0.25) is 4.79 Å². The third-order valence-corrected chi connectivity index (χ3v) is 3.37. The highest BCUT2D eigenvalue weighted by Gasteiger charge is 2.07. The second kappa shape index (κ2) is 6.88. The zero-order valence-electron chi connectivity index (χ0n) is 12.8. The van der Waals surface area contributed by atoms with E-state index in [1.54, 1.807) is 12.3 Å². The highest BCUT2D eigenvalue weighted by Crippen LogP contribution is 2.15. The molecule has 0 aliphatic rings. The number of aromatic nitrogens is 1. The van der Waals surface area contributed by atoms with Crippen molar-refractivity contribution in [1.29, 1.82) is 0 Å². The van der Waals surface area contributed by atoms with Gasteiger partial charge < -0.3 is 10.2 Å². The van der Waals surface area contributed by atoms with Gasteiger partial charge in [0.2, 0.25) is 0 Å². The minimum absolute atomic E-state index is 0.115. The number of pyridine rings is 1. The second-order valence-corrected chi connectivity index (χ2v) is 4.90. The molecule has 0 aliphatic heterocycles. The van der Waals surface area contributed by atoms with E-state index >= 15 is 0 Å². The highest BCUT2D eigenvalue weighted by atomic mass is 16.1. The molecule has 1 N–H and O–H groups in total. The van der Waals surface area contributed by atoms with Crippen molar-refractivity contribution < 1.29 is 4.79 Å². The molecule has 2 rings (SSSR count). The van der Waals surface area contributed by atoms with E-state index in [0.29, 0.717) is 11.3 Å². The summed E-state index contributed by atoms with van der Waals surface area (Å²) in [5, 5.41) is 2.87. The van der Waals surface area contributed by atoms with Crippen LogP contribution < -0.4 is 10.2 Å². The van der Waals surface area contributed by atoms with Crippen LogP contribution in [0.4, 0.5) is 11.5 Å². The number of hydrogen-bond donors (Lipinski definition) is 1. The molecule has 0 aliphatic carbocycles. The van der Waals surface area contributed by atoms with Crippen LogP contribution in [0.5, 0.6) is 0 Å². The van der Waals surface area contributed by atoms with Crippen LogP contribution in [-0.2, 0) is 0 Å². The lowest BCUT2D eigenvalue weighted by Gasteiger charge is -2.19. The summed E-state index contributed by atoms with van der Waals surface area (Å²) < 4.78 is 0. The number of nitrogens with one attached hydrogen (secondary N) is 1. The molecule has 0 radical (unpaired) electrons. The summed E-state index contributed by atoms with van der Waals surface area (Å²) in [5.41, 5.74) is 2.43. The van der Waals surface area contributed by atoms with Gasteiger partial charge in [0.15, 0.2) is 0 Å². The predicted molar refractivity (Wildman–Crippen MR) is 86.9 cm³/mol. The number of carbonyl (C=O) groups excluding carboxylic acids is 1. The van der Waals surface area contributed by atoms with Crippen molar-refractivity contribution in [2.24, 2.45) is 0 Å². The van der Waals surface area contributed by atoms with Gasteiger partial charge in [-0.15, -0.1) is 0 Å². The van der Waals surface area contributed by atoms with E-state index in [1.165, 1.54) is 0 Å². The Morgan fingerprint density at radius 3 is 2.52 bits per heavy atom. The zero-order valence-corrected chi connectivity index (χ0v) is 12.8. The first-order chi connectivity index (χ1) is 10.1. The minimum atomic E-state index is -0.115. The van der Waals surface area contributed by atoms with Crippen LogP contribution in [0, 0.1) is 6.92 Å². The maximum atomic E-state index is 12.1. The summed E-state index contributed by atoms with van der Waals surface area (Å²) in [4.78, 5) is 18.7. The largest absolute Gasteiger partial charge is 0.357 e. The molecular formula is C17H21N3O. The van der Waals surface area contributed by atoms with E-state index in [0.717, 1.165) is 24.5 Å². The number of benzene rings is 1. The topological polar surface area (TPSA) is 45.2 Å². The van der Waals surface area contributed by atoms with Crippen molar-refractivity contribution in [2.75, 3.05) is 23.3 Å². The van der Waals surface area contributed by atoms with Crippen molar-refractivity contribution in [1.82, 2.24) is 4.98 Å². The molecule has 1 heterocycles. The lowest BCUT2D eigenvalue weighted by atomic mass is 10.1. The molecule has 4 heteroatoms. The quantitative estimate of drug-likeness (QED) is 0.913. The number of rotatable bonds is 5. The monoisotopic (exact) mass is 283 g/mol. The van der Waals surface area contributed by atoms with Gasteiger partial charge >= 0.3 is 0 Å². The summed E-state index contributed by atoms with van der Waals surface area (Å²) in [7, 11) is 0. The Morgan fingerprint density at radius 1 is 1.19 bits per heavy atom. The van der Waals surface area contributed by atoms with E-state index in [4.69, 9.17) is 0 Å². The molecule has 0 bridgehead atoms. The first-order valence-corrected chi connectivity index (χ1v) is 7.23. The normalized spacial score (nSPS) is 10.2. The molecule has 4 nitrogen and oxygen atoms in total. The molecular weight excluding hydrogens is 262 g/mol. The first-order valence-electron chi connectivity index (χ1n) is 7.23. The average Bonchev–Trinajstić information content (AvgIpc) is 2.50. The molecule has 110 valence electrons. The lowest BCUT2D eigenvalue weighted by Crippen LogP contribution is -2.22. The van der Waals surface area contributed by atoms with Crippen LogP contribution in [0.15, 0.2) is 42.6 Å². The SMILES string of the molecule is CCN(CC)c1ccc(NC(=O)c2cccc(C)c2)cn1. The van der Waals surface area contributed by atoms with Crippen LogP contribution in [0.25, 0.3) is 0 Å². The Labute approximate surface area is 125 Å². The first kappa shape index (κ1) is 15.0. The molecule has 0 saturated carbocycles. The maximum absolute atomic E-state index is 12.1. The van der Waals surface area contributed by atoms with Crippen molar-refractivity contribution in [3.63, 3.8) is 0 Å². The van der Waals surface area contributed by atoms with Gasteiger partial charge in [-0.2, -0.15) is 0 Å². The molecule has 0 saturated heterocycles. The standard InChI is InChI=1S/C17H21N3O/c1-4-20(5-2)16-10-9-15(12-18-16)19-17(21)14-8-6-7-13(3)11-14/h6-12H,4-5H2,1-3H3,(H,19,21). The number of aryl methyl sites for hydroxylation is 1. The van der Waals surface area contributed by atoms with Gasteiger partial charge in [-0.25, -0.2) is 4.98 Å². The van der Waals surface area contributed by atoms with Crippen LogP contribution >= 0.6 is 0 Å². The van der Waals surface area contributed by atoms with Gasteiger partial charge in [-0.1, -0.05) is 17.7 Å². The molecule has 2 aromatic rings. The van der Waals surface area contributed by atoms with Gasteiger partial charge in [0.1, 0.15) is 5.82 Å².